The number of aromatic nitrogens is 1. The van der Waals surface area contributed by atoms with Crippen molar-refractivity contribution in [2.24, 2.45) is 10.8 Å². The van der Waals surface area contributed by atoms with Gasteiger partial charge >= 0.3 is 0 Å². The van der Waals surface area contributed by atoms with E-state index in [-0.39, 0.29) is 32.5 Å². The summed E-state index contributed by atoms with van der Waals surface area (Å²) in [5, 5.41) is 2.77. The van der Waals surface area contributed by atoms with E-state index in [2.05, 4.69) is 112 Å². The molecule has 0 amide bonds. The van der Waals surface area contributed by atoms with Crippen molar-refractivity contribution in [1.82, 2.24) is 4.98 Å². The summed E-state index contributed by atoms with van der Waals surface area (Å²) in [5.74, 6) is 0. The Hall–Kier alpha value is -1.76. The van der Waals surface area contributed by atoms with Gasteiger partial charge in [-0.2, -0.15) is 0 Å². The van der Waals surface area contributed by atoms with Gasteiger partial charge in [-0.05, 0) is 66.9 Å². The number of rotatable bonds is 0. The maximum absolute atomic E-state index is 3.93. The summed E-state index contributed by atoms with van der Waals surface area (Å²) in [7, 11) is 0. The van der Waals surface area contributed by atoms with Crippen molar-refractivity contribution >= 4 is 21.8 Å². The van der Waals surface area contributed by atoms with Crippen molar-refractivity contribution < 1.29 is 0 Å². The lowest BCUT2D eigenvalue weighted by Crippen LogP contribution is -2.42. The molecule has 0 saturated heterocycles. The summed E-state index contributed by atoms with van der Waals surface area (Å²) in [6.45, 7) is 29.3. The first-order valence-electron chi connectivity index (χ1n) is 12.1. The predicted molar refractivity (Wildman–Crippen MR) is 135 cm³/mol. The summed E-state index contributed by atoms with van der Waals surface area (Å²) < 4.78 is 0. The molecule has 31 heavy (non-hydrogen) atoms. The minimum Gasteiger partial charge on any atom is -0.354 e. The van der Waals surface area contributed by atoms with Crippen LogP contribution in [0.2, 0.25) is 0 Å². The maximum Gasteiger partial charge on any atom is 0.0506 e. The molecule has 0 radical (unpaired) electrons. The van der Waals surface area contributed by atoms with Gasteiger partial charge in [-0.1, -0.05) is 95.2 Å². The normalized spacial score (nSPS) is 25.7. The Balaban J connectivity index is 1.89. The van der Waals surface area contributed by atoms with Gasteiger partial charge in [-0.15, -0.1) is 0 Å². The monoisotopic (exact) mass is 415 g/mol. The van der Waals surface area contributed by atoms with Crippen LogP contribution in [0.15, 0.2) is 24.3 Å². The van der Waals surface area contributed by atoms with E-state index in [0.29, 0.717) is 0 Å². The minimum atomic E-state index is 0.0927. The summed E-state index contributed by atoms with van der Waals surface area (Å²) in [4.78, 5) is 3.93. The van der Waals surface area contributed by atoms with Gasteiger partial charge in [0.25, 0.3) is 0 Å². The van der Waals surface area contributed by atoms with Gasteiger partial charge in [-0.25, -0.2) is 0 Å². The Kier molecular flexibility index (Phi) is 3.57. The van der Waals surface area contributed by atoms with Crippen molar-refractivity contribution in [2.45, 2.75) is 105 Å². The number of H-pyrrole nitrogens is 1. The quantitative estimate of drug-likeness (QED) is 0.379. The van der Waals surface area contributed by atoms with Crippen LogP contribution in [0.4, 0.5) is 0 Å². The van der Waals surface area contributed by atoms with Crippen LogP contribution in [-0.2, 0) is 21.7 Å². The van der Waals surface area contributed by atoms with Gasteiger partial charge in [0.1, 0.15) is 0 Å². The molecule has 2 aromatic carbocycles. The van der Waals surface area contributed by atoms with Crippen LogP contribution in [0.25, 0.3) is 21.8 Å². The van der Waals surface area contributed by atoms with Crippen LogP contribution >= 0.6 is 0 Å². The Morgan fingerprint density at radius 1 is 0.516 bits per heavy atom. The Bertz CT molecular complexity index is 1270. The topological polar surface area (TPSA) is 15.8 Å². The standard InChI is InChI=1S/C30H41N/c1-25(2)19-14-13-17-18-15-20-21(27(5,6)29(9,10)26(20,3)4)16-22(18)31-24(17)23(19)28(7,8)30(25,11)12/h13-16,31H,1-12H3. The fraction of sp³-hybridized carbons (Fsp3) is 0.600. The molecule has 1 nitrogen and oxygen atoms in total. The van der Waals surface area contributed by atoms with E-state index in [0.717, 1.165) is 0 Å². The molecule has 3 aromatic rings. The van der Waals surface area contributed by atoms with Crippen molar-refractivity contribution in [3.8, 4) is 0 Å². The molecule has 2 aliphatic rings. The molecule has 1 heteroatoms. The molecule has 0 aliphatic heterocycles. The van der Waals surface area contributed by atoms with Crippen LogP contribution in [0, 0.1) is 10.8 Å². The zero-order valence-corrected chi connectivity index (χ0v) is 21.8. The second-order valence-electron chi connectivity index (χ2n) is 13.7. The zero-order valence-electron chi connectivity index (χ0n) is 21.8. The number of aromatic amines is 1. The largest absolute Gasteiger partial charge is 0.354 e. The van der Waals surface area contributed by atoms with Crippen LogP contribution in [-0.4, -0.2) is 4.98 Å². The van der Waals surface area contributed by atoms with E-state index in [1.165, 1.54) is 44.1 Å². The number of nitrogens with one attached hydrogen (secondary N) is 1. The molecular weight excluding hydrogens is 374 g/mol. The first-order chi connectivity index (χ1) is 13.9. The Labute approximate surface area is 189 Å². The molecule has 0 unspecified atom stereocenters. The highest BCUT2D eigenvalue weighted by atomic mass is 14.7. The molecule has 5 rings (SSSR count). The SMILES string of the molecule is CC1(C)c2cc3[nH]c4c5c(ccc4c3cc2C(C)(C)C1(C)C)C(C)(C)C(C)(C)C5(C)C. The lowest BCUT2D eigenvalue weighted by atomic mass is 9.59. The second kappa shape index (κ2) is 5.24. The fourth-order valence-electron chi connectivity index (χ4n) is 7.11. The van der Waals surface area contributed by atoms with Crippen molar-refractivity contribution in [2.75, 3.05) is 0 Å². The smallest absolute Gasteiger partial charge is 0.0506 e. The molecule has 0 saturated carbocycles. The minimum absolute atomic E-state index is 0.0927. The van der Waals surface area contributed by atoms with E-state index in [1.807, 2.05) is 0 Å². The molecule has 0 spiro atoms. The number of benzene rings is 2. The third-order valence-electron chi connectivity index (χ3n) is 11.8. The first-order valence-corrected chi connectivity index (χ1v) is 12.1. The second-order valence-corrected chi connectivity index (χ2v) is 13.7. The third kappa shape index (κ3) is 1.97. The van der Waals surface area contributed by atoms with Gasteiger partial charge in [-0.3, -0.25) is 0 Å². The van der Waals surface area contributed by atoms with Crippen molar-refractivity contribution in [1.29, 1.82) is 0 Å². The van der Waals surface area contributed by atoms with Crippen LogP contribution < -0.4 is 0 Å². The number of fused-ring (bicyclic) bond motifs is 6. The highest BCUT2D eigenvalue weighted by Gasteiger charge is 2.58. The van der Waals surface area contributed by atoms with E-state index in [9.17, 15) is 0 Å². The molecule has 0 bridgehead atoms. The molecule has 2 aliphatic carbocycles. The van der Waals surface area contributed by atoms with Gasteiger partial charge in [0.15, 0.2) is 0 Å². The predicted octanol–water partition coefficient (Wildman–Crippen LogP) is 8.51. The third-order valence-corrected chi connectivity index (χ3v) is 11.8. The Morgan fingerprint density at radius 2 is 1.00 bits per heavy atom. The zero-order chi connectivity index (χ0) is 23.2. The summed E-state index contributed by atoms with van der Waals surface area (Å²) in [6, 6.07) is 9.81. The average Bonchev–Trinajstić information content (AvgIpc) is 3.09. The van der Waals surface area contributed by atoms with E-state index in [1.54, 1.807) is 0 Å². The van der Waals surface area contributed by atoms with E-state index < -0.39 is 0 Å². The average molecular weight is 416 g/mol. The van der Waals surface area contributed by atoms with E-state index in [4.69, 9.17) is 0 Å². The molecule has 166 valence electrons. The van der Waals surface area contributed by atoms with Gasteiger partial charge < -0.3 is 4.98 Å². The molecule has 1 heterocycles. The molecule has 1 aromatic heterocycles. The van der Waals surface area contributed by atoms with Crippen LogP contribution in [0.1, 0.15) is 105 Å². The van der Waals surface area contributed by atoms with Crippen LogP contribution in [0.5, 0.6) is 0 Å². The first kappa shape index (κ1) is 21.1. The van der Waals surface area contributed by atoms with Crippen molar-refractivity contribution in [3.05, 3.63) is 46.5 Å². The number of hydrogen-bond donors (Lipinski definition) is 1. The molecular formula is C30H41N. The number of hydrogen-bond acceptors (Lipinski definition) is 0. The van der Waals surface area contributed by atoms with Gasteiger partial charge in [0.2, 0.25) is 0 Å². The molecule has 0 atom stereocenters. The lowest BCUT2D eigenvalue weighted by Gasteiger charge is -2.44. The van der Waals surface area contributed by atoms with Gasteiger partial charge in [0.05, 0.1) is 5.52 Å². The van der Waals surface area contributed by atoms with Gasteiger partial charge in [0, 0.05) is 16.3 Å². The lowest BCUT2D eigenvalue weighted by molar-refractivity contribution is 0.125. The molecule has 0 fully saturated rings. The van der Waals surface area contributed by atoms with Crippen molar-refractivity contribution in [3.63, 3.8) is 0 Å². The summed E-state index contributed by atoms with van der Waals surface area (Å²) >= 11 is 0. The highest BCUT2D eigenvalue weighted by Crippen LogP contribution is 2.64. The van der Waals surface area contributed by atoms with Crippen LogP contribution in [0.3, 0.4) is 0 Å². The van der Waals surface area contributed by atoms with E-state index >= 15 is 0 Å². The molecule has 1 N–H and O–H groups in total. The maximum atomic E-state index is 3.93. The highest BCUT2D eigenvalue weighted by molar-refractivity contribution is 6.10. The Morgan fingerprint density at radius 3 is 1.58 bits per heavy atom. The summed E-state index contributed by atoms with van der Waals surface area (Å²) in [6.07, 6.45) is 0. The fourth-order valence-corrected chi connectivity index (χ4v) is 7.11. The summed E-state index contributed by atoms with van der Waals surface area (Å²) in [5.41, 5.74) is 9.56.